The fourth-order valence-corrected chi connectivity index (χ4v) is 4.78. The van der Waals surface area contributed by atoms with E-state index in [1.807, 2.05) is 30.0 Å². The maximum atomic E-state index is 14.4. The van der Waals surface area contributed by atoms with Gasteiger partial charge < -0.3 is 10.2 Å². The average molecular weight is 434 g/mol. The zero-order valence-corrected chi connectivity index (χ0v) is 17.7. The molecular formula is C22H22ClF2N3S. The number of benzene rings is 2. The normalized spacial score (nSPS) is 18.3. The van der Waals surface area contributed by atoms with Gasteiger partial charge >= 0.3 is 0 Å². The molecule has 0 bridgehead atoms. The van der Waals surface area contributed by atoms with Gasteiger partial charge in [-0.25, -0.2) is 13.8 Å². The lowest BCUT2D eigenvalue weighted by atomic mass is 9.79. The van der Waals surface area contributed by atoms with E-state index in [-0.39, 0.29) is 12.1 Å². The second-order valence-corrected chi connectivity index (χ2v) is 8.51. The number of amidine groups is 1. The van der Waals surface area contributed by atoms with Crippen molar-refractivity contribution in [1.29, 1.82) is 0 Å². The Balaban J connectivity index is 1.70. The standard InChI is InChI=1S/C22H22ClF2N3S/c1-14-8-9-15(23)12-19(14)26-20-22(10-3-2-4-11-22)28(21(29)27-20)13-16-17(24)6-5-7-18(16)25/h5-9,12H,2-4,10-11,13H2,1H3,(H,26,27,29). The Morgan fingerprint density at radius 3 is 2.52 bits per heavy atom. The van der Waals surface area contributed by atoms with Crippen molar-refractivity contribution in [1.82, 2.24) is 4.90 Å². The minimum atomic E-state index is -0.564. The molecule has 0 radical (unpaired) electrons. The van der Waals surface area contributed by atoms with Crippen LogP contribution in [0.25, 0.3) is 0 Å². The van der Waals surface area contributed by atoms with Crippen LogP contribution >= 0.6 is 23.8 Å². The monoisotopic (exact) mass is 433 g/mol. The highest BCUT2D eigenvalue weighted by atomic mass is 35.5. The summed E-state index contributed by atoms with van der Waals surface area (Å²) in [4.78, 5) is 6.54. The van der Waals surface area contributed by atoms with Crippen molar-refractivity contribution in [2.45, 2.75) is 51.1 Å². The predicted molar refractivity (Wildman–Crippen MR) is 118 cm³/mol. The van der Waals surface area contributed by atoms with Gasteiger partial charge in [0.05, 0.1) is 6.54 Å². The van der Waals surface area contributed by atoms with Crippen LogP contribution in [0.5, 0.6) is 0 Å². The lowest BCUT2D eigenvalue weighted by Gasteiger charge is -2.43. The third kappa shape index (κ3) is 3.76. The van der Waals surface area contributed by atoms with E-state index in [1.165, 1.54) is 18.2 Å². The van der Waals surface area contributed by atoms with E-state index in [4.69, 9.17) is 23.8 Å². The molecule has 4 rings (SSSR count). The van der Waals surface area contributed by atoms with E-state index in [0.29, 0.717) is 10.1 Å². The van der Waals surface area contributed by atoms with Gasteiger partial charge in [-0.05, 0) is 61.8 Å². The molecule has 1 spiro atoms. The third-order valence-electron chi connectivity index (χ3n) is 5.91. The fraction of sp³-hybridized carbons (Fsp3) is 0.364. The largest absolute Gasteiger partial charge is 0.341 e. The van der Waals surface area contributed by atoms with Gasteiger partial charge in [0, 0.05) is 16.3 Å². The first-order valence-electron chi connectivity index (χ1n) is 9.77. The second kappa shape index (κ2) is 8.00. The Hall–Kier alpha value is -2.05. The van der Waals surface area contributed by atoms with Gasteiger partial charge in [0.15, 0.2) is 5.11 Å². The van der Waals surface area contributed by atoms with Crippen molar-refractivity contribution in [3.05, 3.63) is 64.2 Å². The smallest absolute Gasteiger partial charge is 0.198 e. The maximum Gasteiger partial charge on any atom is 0.198 e. The van der Waals surface area contributed by atoms with Crippen LogP contribution in [0.1, 0.15) is 43.2 Å². The lowest BCUT2D eigenvalue weighted by Crippen LogP contribution is -2.54. The molecule has 0 atom stereocenters. The Morgan fingerprint density at radius 2 is 1.83 bits per heavy atom. The highest BCUT2D eigenvalue weighted by Crippen LogP contribution is 2.41. The summed E-state index contributed by atoms with van der Waals surface area (Å²) in [7, 11) is 0. The number of hydrogen-bond donors (Lipinski definition) is 1. The molecule has 152 valence electrons. The molecule has 1 aliphatic heterocycles. The van der Waals surface area contributed by atoms with Crippen molar-refractivity contribution in [2.75, 3.05) is 5.32 Å². The van der Waals surface area contributed by atoms with Crippen LogP contribution in [0.3, 0.4) is 0 Å². The van der Waals surface area contributed by atoms with Crippen LogP contribution < -0.4 is 5.32 Å². The number of nitrogens with zero attached hydrogens (tertiary/aromatic N) is 2. The van der Waals surface area contributed by atoms with Gasteiger partial charge in [0.2, 0.25) is 0 Å². The van der Waals surface area contributed by atoms with Gasteiger partial charge in [-0.15, -0.1) is 0 Å². The van der Waals surface area contributed by atoms with Gasteiger partial charge in [0.1, 0.15) is 23.0 Å². The van der Waals surface area contributed by atoms with Crippen molar-refractivity contribution < 1.29 is 8.78 Å². The molecule has 1 fully saturated rings. The number of rotatable bonds is 3. The third-order valence-corrected chi connectivity index (χ3v) is 6.45. The molecule has 1 aliphatic carbocycles. The van der Waals surface area contributed by atoms with Crippen LogP contribution in [-0.4, -0.2) is 21.4 Å². The minimum absolute atomic E-state index is 0.0233. The minimum Gasteiger partial charge on any atom is -0.341 e. The Morgan fingerprint density at radius 1 is 1.14 bits per heavy atom. The van der Waals surface area contributed by atoms with Crippen LogP contribution in [0.2, 0.25) is 5.02 Å². The summed E-state index contributed by atoms with van der Waals surface area (Å²) in [6, 6.07) is 9.57. The molecule has 1 heterocycles. The van der Waals surface area contributed by atoms with Crippen LogP contribution in [0.4, 0.5) is 14.5 Å². The molecule has 0 amide bonds. The molecule has 0 unspecified atom stereocenters. The molecular weight excluding hydrogens is 412 g/mol. The predicted octanol–water partition coefficient (Wildman–Crippen LogP) is 6.24. The summed E-state index contributed by atoms with van der Waals surface area (Å²) in [5.74, 6) is -0.388. The quantitative estimate of drug-likeness (QED) is 0.580. The molecule has 7 heteroatoms. The van der Waals surface area contributed by atoms with Gasteiger partial charge in [0.25, 0.3) is 0 Å². The first-order valence-corrected chi connectivity index (χ1v) is 10.6. The lowest BCUT2D eigenvalue weighted by molar-refractivity contribution is 0.188. The molecule has 3 nitrogen and oxygen atoms in total. The van der Waals surface area contributed by atoms with E-state index in [1.54, 1.807) is 0 Å². The van der Waals surface area contributed by atoms with Crippen molar-refractivity contribution >= 4 is 40.5 Å². The Bertz CT molecular complexity index is 966. The molecule has 2 aromatic rings. The number of aryl methyl sites for hydroxylation is 1. The summed E-state index contributed by atoms with van der Waals surface area (Å²) in [6.07, 6.45) is 4.80. The summed E-state index contributed by atoms with van der Waals surface area (Å²) in [6.45, 7) is 2.05. The van der Waals surface area contributed by atoms with E-state index in [9.17, 15) is 8.78 Å². The van der Waals surface area contributed by atoms with Crippen molar-refractivity contribution in [3.63, 3.8) is 0 Å². The fourth-order valence-electron chi connectivity index (χ4n) is 4.28. The first kappa shape index (κ1) is 20.2. The van der Waals surface area contributed by atoms with E-state index in [2.05, 4.69) is 10.3 Å². The van der Waals surface area contributed by atoms with Gasteiger partial charge in [-0.3, -0.25) is 0 Å². The van der Waals surface area contributed by atoms with E-state index in [0.717, 1.165) is 49.2 Å². The molecule has 2 aromatic carbocycles. The molecule has 1 N–H and O–H groups in total. The van der Waals surface area contributed by atoms with Gasteiger partial charge in [-0.2, -0.15) is 0 Å². The van der Waals surface area contributed by atoms with Crippen LogP contribution in [0, 0.1) is 18.6 Å². The summed E-state index contributed by atoms with van der Waals surface area (Å²) in [5.41, 5.74) is 1.43. The molecule has 0 aromatic heterocycles. The highest BCUT2D eigenvalue weighted by Gasteiger charge is 2.48. The Kier molecular flexibility index (Phi) is 5.58. The maximum absolute atomic E-state index is 14.4. The van der Waals surface area contributed by atoms with E-state index < -0.39 is 17.2 Å². The van der Waals surface area contributed by atoms with Crippen molar-refractivity contribution in [2.24, 2.45) is 4.99 Å². The number of anilines is 1. The Labute approximate surface area is 179 Å². The zero-order valence-electron chi connectivity index (χ0n) is 16.1. The number of halogens is 3. The van der Waals surface area contributed by atoms with E-state index >= 15 is 0 Å². The zero-order chi connectivity index (χ0) is 20.6. The highest BCUT2D eigenvalue weighted by molar-refractivity contribution is 7.80. The topological polar surface area (TPSA) is 27.6 Å². The number of aliphatic imine (C=N–C) groups is 1. The number of nitrogens with one attached hydrogen (secondary N) is 1. The number of thiocarbonyl (C=S) groups is 1. The molecule has 2 aliphatic rings. The van der Waals surface area contributed by atoms with Crippen molar-refractivity contribution in [3.8, 4) is 0 Å². The number of hydrogen-bond acceptors (Lipinski definition) is 2. The summed E-state index contributed by atoms with van der Waals surface area (Å²) < 4.78 is 28.7. The van der Waals surface area contributed by atoms with Gasteiger partial charge in [-0.1, -0.05) is 43.0 Å². The second-order valence-electron chi connectivity index (χ2n) is 7.71. The van der Waals surface area contributed by atoms with Crippen LogP contribution in [-0.2, 0) is 6.54 Å². The summed E-state index contributed by atoms with van der Waals surface area (Å²) >= 11 is 11.7. The van der Waals surface area contributed by atoms with Crippen LogP contribution in [0.15, 0.2) is 41.4 Å². The first-order chi connectivity index (χ1) is 13.9. The molecule has 0 saturated heterocycles. The molecule has 1 saturated carbocycles. The molecule has 29 heavy (non-hydrogen) atoms. The summed E-state index contributed by atoms with van der Waals surface area (Å²) in [5, 5.41) is 4.42. The average Bonchev–Trinajstić information content (AvgIpc) is 2.93. The SMILES string of the molecule is Cc1ccc(Cl)cc1NC1=NC(=S)N(Cc2c(F)cccc2F)C12CCCCC2.